The van der Waals surface area contributed by atoms with Crippen LogP contribution in [0.15, 0.2) is 60.9 Å². The number of rotatable bonds is 9. The van der Waals surface area contributed by atoms with E-state index in [2.05, 4.69) is 4.98 Å². The zero-order valence-electron chi connectivity index (χ0n) is 17.0. The van der Waals surface area contributed by atoms with Crippen molar-refractivity contribution in [1.82, 2.24) is 4.98 Å². The van der Waals surface area contributed by atoms with Gasteiger partial charge in [-0.3, -0.25) is 9.78 Å². The molecule has 3 aromatic rings. The molecule has 0 radical (unpaired) electrons. The molecule has 1 atom stereocenters. The van der Waals surface area contributed by atoms with Crippen molar-refractivity contribution in [2.24, 2.45) is 0 Å². The lowest BCUT2D eigenvalue weighted by Gasteiger charge is -2.16. The van der Waals surface area contributed by atoms with E-state index in [-0.39, 0.29) is 6.42 Å². The summed E-state index contributed by atoms with van der Waals surface area (Å²) in [6.07, 6.45) is 3.03. The third-order valence-corrected chi connectivity index (χ3v) is 5.07. The van der Waals surface area contributed by atoms with Crippen molar-refractivity contribution in [1.29, 1.82) is 0 Å². The molecule has 3 rings (SSSR count). The zero-order valence-corrected chi connectivity index (χ0v) is 17.7. The molecule has 30 heavy (non-hydrogen) atoms. The Morgan fingerprint density at radius 2 is 1.90 bits per heavy atom. The highest BCUT2D eigenvalue weighted by Crippen LogP contribution is 2.31. The van der Waals surface area contributed by atoms with Crippen LogP contribution >= 0.6 is 11.6 Å². The monoisotopic (exact) mass is 425 g/mol. The molecule has 0 aliphatic heterocycles. The SMILES string of the molecule is CCO[C@@H](CC(=O)O)c1ccc(OCc2ccc(Cl)c(-c3cnccc3C)c2)cc1. The third-order valence-electron chi connectivity index (χ3n) is 4.75. The fraction of sp³-hybridized carbons (Fsp3) is 0.250. The van der Waals surface area contributed by atoms with E-state index < -0.39 is 12.1 Å². The highest BCUT2D eigenvalue weighted by molar-refractivity contribution is 6.33. The molecule has 156 valence electrons. The van der Waals surface area contributed by atoms with E-state index in [1.165, 1.54) is 0 Å². The molecule has 6 heteroatoms. The van der Waals surface area contributed by atoms with Crippen LogP contribution in [-0.2, 0) is 16.1 Å². The van der Waals surface area contributed by atoms with Gasteiger partial charge < -0.3 is 14.6 Å². The first-order valence-electron chi connectivity index (χ1n) is 9.73. The predicted molar refractivity (Wildman–Crippen MR) is 117 cm³/mol. The third kappa shape index (κ3) is 5.59. The van der Waals surface area contributed by atoms with Gasteiger partial charge in [-0.2, -0.15) is 0 Å². The topological polar surface area (TPSA) is 68.7 Å². The number of halogens is 1. The molecule has 5 nitrogen and oxygen atoms in total. The van der Waals surface area contributed by atoms with E-state index in [1.807, 2.05) is 68.6 Å². The lowest BCUT2D eigenvalue weighted by atomic mass is 10.0. The van der Waals surface area contributed by atoms with Crippen molar-refractivity contribution in [2.45, 2.75) is 33.0 Å². The number of ether oxygens (including phenoxy) is 2. The molecule has 2 aromatic carbocycles. The van der Waals surface area contributed by atoms with Gasteiger partial charge in [0.05, 0.1) is 12.5 Å². The van der Waals surface area contributed by atoms with Crippen LogP contribution in [0.3, 0.4) is 0 Å². The number of aliphatic carboxylic acids is 1. The van der Waals surface area contributed by atoms with Crippen molar-refractivity contribution in [3.63, 3.8) is 0 Å². The van der Waals surface area contributed by atoms with Crippen molar-refractivity contribution in [3.8, 4) is 16.9 Å². The molecule has 0 fully saturated rings. The molecule has 0 aliphatic rings. The van der Waals surface area contributed by atoms with Crippen LogP contribution < -0.4 is 4.74 Å². The quantitative estimate of drug-likeness (QED) is 0.466. The summed E-state index contributed by atoms with van der Waals surface area (Å²) in [6.45, 7) is 4.70. The van der Waals surface area contributed by atoms with Gasteiger partial charge in [0.2, 0.25) is 0 Å². The Labute approximate surface area is 181 Å². The molecule has 1 heterocycles. The molecule has 0 aliphatic carbocycles. The van der Waals surface area contributed by atoms with Gasteiger partial charge in [-0.1, -0.05) is 29.8 Å². The van der Waals surface area contributed by atoms with Crippen LogP contribution in [0.25, 0.3) is 11.1 Å². The minimum absolute atomic E-state index is 0.0741. The van der Waals surface area contributed by atoms with Crippen LogP contribution in [0, 0.1) is 6.92 Å². The number of hydrogen-bond donors (Lipinski definition) is 1. The van der Waals surface area contributed by atoms with E-state index in [4.69, 9.17) is 26.2 Å². The molecule has 1 N–H and O–H groups in total. The lowest BCUT2D eigenvalue weighted by molar-refractivity contribution is -0.140. The molecule has 0 saturated carbocycles. The number of hydrogen-bond acceptors (Lipinski definition) is 4. The van der Waals surface area contributed by atoms with Crippen molar-refractivity contribution in [3.05, 3.63) is 82.6 Å². The molecule has 0 amide bonds. The Hall–Kier alpha value is -2.89. The van der Waals surface area contributed by atoms with E-state index in [0.717, 1.165) is 27.8 Å². The maximum atomic E-state index is 11.0. The first-order chi connectivity index (χ1) is 14.5. The van der Waals surface area contributed by atoms with E-state index in [0.29, 0.717) is 24.0 Å². The number of carboxylic acids is 1. The fourth-order valence-electron chi connectivity index (χ4n) is 3.19. The largest absolute Gasteiger partial charge is 0.489 e. The summed E-state index contributed by atoms with van der Waals surface area (Å²) < 4.78 is 11.5. The Kier molecular flexibility index (Phi) is 7.44. The predicted octanol–water partition coefficient (Wildman–Crippen LogP) is 5.84. The average Bonchev–Trinajstić information content (AvgIpc) is 2.73. The minimum atomic E-state index is -0.892. The Morgan fingerprint density at radius 1 is 1.13 bits per heavy atom. The summed E-state index contributed by atoms with van der Waals surface area (Å²) in [5.74, 6) is -0.199. The summed E-state index contributed by atoms with van der Waals surface area (Å²) in [6, 6.07) is 15.1. The second-order valence-corrected chi connectivity index (χ2v) is 7.31. The standard InChI is InChI=1S/C24H24ClNO4/c1-3-29-23(13-24(27)28)18-5-7-19(8-6-18)30-15-17-4-9-22(25)20(12-17)21-14-26-11-10-16(21)2/h4-12,14,23H,3,13,15H2,1-2H3,(H,27,28)/t23-/m0/s1. The molecule has 0 bridgehead atoms. The van der Waals surface area contributed by atoms with Crippen LogP contribution in [-0.4, -0.2) is 22.7 Å². The van der Waals surface area contributed by atoms with Crippen LogP contribution in [0.4, 0.5) is 0 Å². The highest BCUT2D eigenvalue weighted by atomic mass is 35.5. The Bertz CT molecular complexity index is 1000. The van der Waals surface area contributed by atoms with Gasteiger partial charge in [0.25, 0.3) is 0 Å². The smallest absolute Gasteiger partial charge is 0.306 e. The van der Waals surface area contributed by atoms with Crippen LogP contribution in [0.2, 0.25) is 5.02 Å². The van der Waals surface area contributed by atoms with Crippen LogP contribution in [0.5, 0.6) is 5.75 Å². The lowest BCUT2D eigenvalue weighted by Crippen LogP contribution is -2.10. The molecule has 1 aromatic heterocycles. The summed E-state index contributed by atoms with van der Waals surface area (Å²) in [7, 11) is 0. The first kappa shape index (κ1) is 21.8. The summed E-state index contributed by atoms with van der Waals surface area (Å²) in [5, 5.41) is 9.73. The maximum Gasteiger partial charge on any atom is 0.306 e. The summed E-state index contributed by atoms with van der Waals surface area (Å²) in [4.78, 5) is 15.2. The van der Waals surface area contributed by atoms with E-state index in [9.17, 15) is 4.79 Å². The molecule has 0 unspecified atom stereocenters. The van der Waals surface area contributed by atoms with Gasteiger partial charge in [0.15, 0.2) is 0 Å². The minimum Gasteiger partial charge on any atom is -0.489 e. The molecule has 0 spiro atoms. The van der Waals surface area contributed by atoms with Crippen LogP contribution in [0.1, 0.15) is 36.1 Å². The second-order valence-electron chi connectivity index (χ2n) is 6.90. The number of benzene rings is 2. The first-order valence-corrected chi connectivity index (χ1v) is 10.1. The van der Waals surface area contributed by atoms with E-state index >= 15 is 0 Å². The Morgan fingerprint density at radius 3 is 2.57 bits per heavy atom. The number of aromatic nitrogens is 1. The maximum absolute atomic E-state index is 11.0. The number of nitrogens with zero attached hydrogens (tertiary/aromatic N) is 1. The van der Waals surface area contributed by atoms with Gasteiger partial charge in [-0.05, 0) is 60.9 Å². The summed E-state index contributed by atoms with van der Waals surface area (Å²) in [5.41, 5.74) is 4.82. The number of carboxylic acid groups (broad SMARTS) is 1. The molecule has 0 saturated heterocycles. The van der Waals surface area contributed by atoms with Gasteiger partial charge in [-0.25, -0.2) is 0 Å². The number of aryl methyl sites for hydroxylation is 1. The van der Waals surface area contributed by atoms with Gasteiger partial charge >= 0.3 is 5.97 Å². The van der Waals surface area contributed by atoms with Crippen molar-refractivity contribution >= 4 is 17.6 Å². The Balaban J connectivity index is 1.71. The highest BCUT2D eigenvalue weighted by Gasteiger charge is 2.16. The summed E-state index contributed by atoms with van der Waals surface area (Å²) >= 11 is 6.41. The molecular formula is C24H24ClNO4. The van der Waals surface area contributed by atoms with E-state index in [1.54, 1.807) is 6.20 Å². The van der Waals surface area contributed by atoms with Crippen molar-refractivity contribution < 1.29 is 19.4 Å². The van der Waals surface area contributed by atoms with Gasteiger partial charge in [0, 0.05) is 35.2 Å². The number of pyridine rings is 1. The normalized spacial score (nSPS) is 11.8. The van der Waals surface area contributed by atoms with Gasteiger partial charge in [0.1, 0.15) is 12.4 Å². The second kappa shape index (κ2) is 10.2. The van der Waals surface area contributed by atoms with Gasteiger partial charge in [-0.15, -0.1) is 0 Å². The van der Waals surface area contributed by atoms with Crippen molar-refractivity contribution in [2.75, 3.05) is 6.61 Å². The molecular weight excluding hydrogens is 402 g/mol. The fourth-order valence-corrected chi connectivity index (χ4v) is 3.41. The zero-order chi connectivity index (χ0) is 21.5. The average molecular weight is 426 g/mol. The number of carbonyl (C=O) groups is 1.